The van der Waals surface area contributed by atoms with E-state index in [1.807, 2.05) is 0 Å². The van der Waals surface area contributed by atoms with Crippen molar-refractivity contribution in [2.75, 3.05) is 19.8 Å². The first-order valence-electron chi connectivity index (χ1n) is 4.57. The molecule has 0 aromatic carbocycles. The predicted octanol–water partition coefficient (Wildman–Crippen LogP) is 2.43. The molecule has 0 N–H and O–H groups in total. The van der Waals surface area contributed by atoms with Crippen LogP contribution in [0.15, 0.2) is 0 Å². The molecule has 0 aromatic heterocycles. The molecule has 0 bridgehead atoms. The Hall–Kier alpha value is -0.0800. The second-order valence-electron chi connectivity index (χ2n) is 3.78. The third kappa shape index (κ3) is 9.92. The summed E-state index contributed by atoms with van der Waals surface area (Å²) in [5.41, 5.74) is -0.0215. The maximum absolute atomic E-state index is 5.51. The highest BCUT2D eigenvalue weighted by Gasteiger charge is 2.08. The molecule has 2 nitrogen and oxygen atoms in total. The highest BCUT2D eigenvalue weighted by Crippen LogP contribution is 2.06. The summed E-state index contributed by atoms with van der Waals surface area (Å²) in [6.07, 6.45) is 1.82. The van der Waals surface area contributed by atoms with Crippen LogP contribution in [-0.2, 0) is 9.47 Å². The van der Waals surface area contributed by atoms with Crippen molar-refractivity contribution in [3.05, 3.63) is 6.92 Å². The van der Waals surface area contributed by atoms with Crippen molar-refractivity contribution in [2.24, 2.45) is 0 Å². The van der Waals surface area contributed by atoms with Gasteiger partial charge in [0.15, 0.2) is 0 Å². The lowest BCUT2D eigenvalue weighted by Crippen LogP contribution is -2.20. The van der Waals surface area contributed by atoms with Crippen LogP contribution in [0, 0.1) is 6.92 Å². The van der Waals surface area contributed by atoms with Crippen molar-refractivity contribution in [1.29, 1.82) is 0 Å². The number of ether oxygens (including phenoxy) is 2. The number of rotatable bonds is 6. The van der Waals surface area contributed by atoms with Crippen LogP contribution >= 0.6 is 0 Å². The molecular weight excluding hydrogens is 152 g/mol. The zero-order chi connectivity index (χ0) is 9.45. The summed E-state index contributed by atoms with van der Waals surface area (Å²) in [5.74, 6) is 0. The van der Waals surface area contributed by atoms with Gasteiger partial charge in [-0.1, -0.05) is 6.92 Å². The van der Waals surface area contributed by atoms with Gasteiger partial charge in [-0.15, -0.1) is 0 Å². The smallest absolute Gasteiger partial charge is 0.0598 e. The molecule has 0 amide bonds. The fourth-order valence-electron chi connectivity index (χ4n) is 0.743. The molecule has 0 rings (SSSR count). The van der Waals surface area contributed by atoms with Crippen molar-refractivity contribution in [3.8, 4) is 0 Å². The van der Waals surface area contributed by atoms with E-state index in [1.54, 1.807) is 0 Å². The standard InChI is InChI=1S/C10H21O2/c1-5-7-11-8-6-9-12-10(2,3)4/h1,5-9H2,2-4H3. The van der Waals surface area contributed by atoms with Crippen LogP contribution < -0.4 is 0 Å². The third-order valence-corrected chi connectivity index (χ3v) is 1.26. The van der Waals surface area contributed by atoms with E-state index in [-0.39, 0.29) is 5.60 Å². The van der Waals surface area contributed by atoms with Crippen LogP contribution in [0.4, 0.5) is 0 Å². The lowest BCUT2D eigenvalue weighted by atomic mass is 10.2. The van der Waals surface area contributed by atoms with Crippen LogP contribution in [-0.4, -0.2) is 25.4 Å². The van der Waals surface area contributed by atoms with E-state index < -0.39 is 0 Å². The molecule has 2 heteroatoms. The summed E-state index contributed by atoms with van der Waals surface area (Å²) in [5, 5.41) is 0. The van der Waals surface area contributed by atoms with Gasteiger partial charge >= 0.3 is 0 Å². The lowest BCUT2D eigenvalue weighted by Gasteiger charge is -2.19. The summed E-state index contributed by atoms with van der Waals surface area (Å²) < 4.78 is 10.8. The average molecular weight is 173 g/mol. The molecule has 0 saturated carbocycles. The summed E-state index contributed by atoms with van der Waals surface area (Å²) >= 11 is 0. The molecule has 0 unspecified atom stereocenters. The molecule has 0 spiro atoms. The van der Waals surface area contributed by atoms with E-state index in [1.165, 1.54) is 0 Å². The van der Waals surface area contributed by atoms with Gasteiger partial charge in [-0.05, 0) is 33.6 Å². The molecule has 0 heterocycles. The van der Waals surface area contributed by atoms with Crippen LogP contribution in [0.5, 0.6) is 0 Å². The summed E-state index contributed by atoms with van der Waals surface area (Å²) in [4.78, 5) is 0. The van der Waals surface area contributed by atoms with Gasteiger partial charge in [0.2, 0.25) is 0 Å². The first-order chi connectivity index (χ1) is 5.56. The first kappa shape index (κ1) is 11.9. The van der Waals surface area contributed by atoms with Gasteiger partial charge in [-0.2, -0.15) is 0 Å². The second kappa shape index (κ2) is 6.44. The third-order valence-electron chi connectivity index (χ3n) is 1.26. The Bertz CT molecular complexity index is 94.5. The summed E-state index contributed by atoms with van der Waals surface area (Å²) in [6, 6.07) is 0. The van der Waals surface area contributed by atoms with E-state index in [9.17, 15) is 0 Å². The van der Waals surface area contributed by atoms with E-state index >= 15 is 0 Å². The highest BCUT2D eigenvalue weighted by atomic mass is 16.5. The van der Waals surface area contributed by atoms with Gasteiger partial charge in [0.05, 0.1) is 5.60 Å². The van der Waals surface area contributed by atoms with Gasteiger partial charge in [0, 0.05) is 19.8 Å². The average Bonchev–Trinajstić information content (AvgIpc) is 1.94. The van der Waals surface area contributed by atoms with Crippen LogP contribution in [0.25, 0.3) is 0 Å². The van der Waals surface area contributed by atoms with Gasteiger partial charge in [0.1, 0.15) is 0 Å². The SMILES string of the molecule is [CH2]CCOCCCOC(C)(C)C. The van der Waals surface area contributed by atoms with Gasteiger partial charge < -0.3 is 9.47 Å². The zero-order valence-electron chi connectivity index (χ0n) is 8.56. The van der Waals surface area contributed by atoms with Gasteiger partial charge in [0.25, 0.3) is 0 Å². The quantitative estimate of drug-likeness (QED) is 0.574. The minimum absolute atomic E-state index is 0.0215. The molecule has 0 atom stereocenters. The fourth-order valence-corrected chi connectivity index (χ4v) is 0.743. The Morgan fingerprint density at radius 3 is 2.25 bits per heavy atom. The van der Waals surface area contributed by atoms with Crippen molar-refractivity contribution >= 4 is 0 Å². The molecular formula is C10H21O2. The minimum atomic E-state index is -0.0215. The number of hydrogen-bond donors (Lipinski definition) is 0. The molecule has 0 fully saturated rings. The van der Waals surface area contributed by atoms with Crippen molar-refractivity contribution in [3.63, 3.8) is 0 Å². The van der Waals surface area contributed by atoms with Gasteiger partial charge in [-0.25, -0.2) is 0 Å². The van der Waals surface area contributed by atoms with Crippen molar-refractivity contribution in [2.45, 2.75) is 39.2 Å². The second-order valence-corrected chi connectivity index (χ2v) is 3.78. The predicted molar refractivity (Wildman–Crippen MR) is 51.1 cm³/mol. The van der Waals surface area contributed by atoms with Crippen molar-refractivity contribution < 1.29 is 9.47 Å². The maximum atomic E-state index is 5.51. The van der Waals surface area contributed by atoms with Crippen LogP contribution in [0.2, 0.25) is 0 Å². The molecule has 1 radical (unpaired) electrons. The zero-order valence-corrected chi connectivity index (χ0v) is 8.56. The Balaban J connectivity index is 3.01. The van der Waals surface area contributed by atoms with E-state index in [2.05, 4.69) is 27.7 Å². The Kier molecular flexibility index (Phi) is 6.39. The largest absolute Gasteiger partial charge is 0.381 e. The molecule has 73 valence electrons. The maximum Gasteiger partial charge on any atom is 0.0598 e. The monoisotopic (exact) mass is 173 g/mol. The van der Waals surface area contributed by atoms with E-state index in [0.29, 0.717) is 0 Å². The molecule has 0 aliphatic heterocycles. The normalized spacial score (nSPS) is 12.0. The molecule has 0 aliphatic rings. The number of hydrogen-bond acceptors (Lipinski definition) is 2. The van der Waals surface area contributed by atoms with Crippen molar-refractivity contribution in [1.82, 2.24) is 0 Å². The summed E-state index contributed by atoms with van der Waals surface area (Å²) in [6.45, 7) is 12.2. The molecule has 12 heavy (non-hydrogen) atoms. The fraction of sp³-hybridized carbons (Fsp3) is 0.900. The minimum Gasteiger partial charge on any atom is -0.381 e. The molecule has 0 saturated heterocycles. The molecule has 0 aliphatic carbocycles. The Morgan fingerprint density at radius 2 is 1.75 bits per heavy atom. The first-order valence-corrected chi connectivity index (χ1v) is 4.57. The summed E-state index contributed by atoms with van der Waals surface area (Å²) in [7, 11) is 0. The Morgan fingerprint density at radius 1 is 1.08 bits per heavy atom. The highest BCUT2D eigenvalue weighted by molar-refractivity contribution is 4.58. The molecule has 0 aromatic rings. The topological polar surface area (TPSA) is 18.5 Å². The van der Waals surface area contributed by atoms with Crippen LogP contribution in [0.1, 0.15) is 33.6 Å². The van der Waals surface area contributed by atoms with Crippen LogP contribution in [0.3, 0.4) is 0 Å². The lowest BCUT2D eigenvalue weighted by molar-refractivity contribution is -0.0136. The van der Waals surface area contributed by atoms with E-state index in [4.69, 9.17) is 9.47 Å². The van der Waals surface area contributed by atoms with E-state index in [0.717, 1.165) is 32.7 Å². The Labute approximate surface area is 76.3 Å². The van der Waals surface area contributed by atoms with Gasteiger partial charge in [-0.3, -0.25) is 0 Å².